The van der Waals surface area contributed by atoms with Crippen LogP contribution in [-0.4, -0.2) is 17.1 Å². The molecule has 0 aliphatic carbocycles. The molecular weight excluding hydrogens is 424 g/mol. The molecule has 0 amide bonds. The van der Waals surface area contributed by atoms with Crippen LogP contribution in [0.5, 0.6) is 5.75 Å². The van der Waals surface area contributed by atoms with Crippen LogP contribution >= 0.6 is 23.8 Å². The molecule has 1 N–H and O–H groups in total. The predicted octanol–water partition coefficient (Wildman–Crippen LogP) is 8.97. The number of pyridine rings is 1. The Balaban J connectivity index is 2.11. The summed E-state index contributed by atoms with van der Waals surface area (Å²) < 4.78 is 5.63. The summed E-state index contributed by atoms with van der Waals surface area (Å²) in [5.41, 5.74) is 1.65. The number of halogens is 1. The normalized spacial score (nSPS) is 12.1. The Bertz CT molecular complexity index is 811. The van der Waals surface area contributed by atoms with Crippen LogP contribution in [0.1, 0.15) is 90.9 Å². The van der Waals surface area contributed by atoms with E-state index in [4.69, 9.17) is 28.6 Å². The largest absolute Gasteiger partial charge is 0.494 e. The first-order chi connectivity index (χ1) is 15.1. The molecule has 1 heterocycles. The molecule has 0 fully saturated rings. The van der Waals surface area contributed by atoms with Gasteiger partial charge >= 0.3 is 0 Å². The average molecular weight is 463 g/mol. The molecule has 2 rings (SSSR count). The minimum absolute atomic E-state index is 0.394. The second kappa shape index (κ2) is 14.6. The van der Waals surface area contributed by atoms with Gasteiger partial charge in [-0.1, -0.05) is 102 Å². The van der Waals surface area contributed by atoms with Gasteiger partial charge in [0.1, 0.15) is 5.75 Å². The van der Waals surface area contributed by atoms with Crippen LogP contribution in [0, 0.1) is 5.92 Å². The lowest BCUT2D eigenvalue weighted by molar-refractivity contribution is 0.417. The van der Waals surface area contributed by atoms with E-state index in [9.17, 15) is 0 Å². The van der Waals surface area contributed by atoms with Gasteiger partial charge in [-0.25, -0.2) is 0 Å². The number of fused-ring (bicyclic) bond motifs is 1. The number of ether oxygens (including phenoxy) is 1. The Morgan fingerprint density at radius 1 is 1.03 bits per heavy atom. The van der Waals surface area contributed by atoms with E-state index < -0.39 is 0 Å². The molecule has 0 spiro atoms. The number of nitrogens with zero attached hydrogens (tertiary/aromatic N) is 1. The van der Waals surface area contributed by atoms with Gasteiger partial charge in [0.25, 0.3) is 0 Å². The third-order valence-corrected chi connectivity index (χ3v) is 6.68. The molecule has 5 heteroatoms. The summed E-state index contributed by atoms with van der Waals surface area (Å²) in [6.07, 6.45) is 17.0. The second-order valence-electron chi connectivity index (χ2n) is 8.43. The number of hydrogen-bond donors (Lipinski definition) is 1. The Morgan fingerprint density at radius 3 is 2.29 bits per heavy atom. The molecule has 1 atom stereocenters. The van der Waals surface area contributed by atoms with Crippen molar-refractivity contribution in [3.8, 4) is 5.75 Å². The van der Waals surface area contributed by atoms with Gasteiger partial charge in [-0.15, -0.1) is 0 Å². The summed E-state index contributed by atoms with van der Waals surface area (Å²) >= 11 is 12.4. The van der Waals surface area contributed by atoms with Crippen LogP contribution in [0.25, 0.3) is 10.9 Å². The minimum atomic E-state index is 0.394. The van der Waals surface area contributed by atoms with E-state index in [0.717, 1.165) is 34.4 Å². The van der Waals surface area contributed by atoms with Crippen molar-refractivity contribution < 1.29 is 4.74 Å². The molecule has 0 aliphatic rings. The van der Waals surface area contributed by atoms with Gasteiger partial charge < -0.3 is 10.1 Å². The zero-order valence-corrected chi connectivity index (χ0v) is 21.1. The first-order valence-electron chi connectivity index (χ1n) is 12.0. The highest BCUT2D eigenvalue weighted by Crippen LogP contribution is 2.38. The van der Waals surface area contributed by atoms with Gasteiger partial charge in [-0.05, 0) is 25.0 Å². The molecule has 0 saturated carbocycles. The number of methoxy groups -OCH3 is 1. The fourth-order valence-electron chi connectivity index (χ4n) is 4.10. The van der Waals surface area contributed by atoms with Crippen molar-refractivity contribution in [3.63, 3.8) is 0 Å². The Labute approximate surface area is 199 Å². The maximum absolute atomic E-state index is 6.43. The third kappa shape index (κ3) is 8.23. The van der Waals surface area contributed by atoms with Crippen molar-refractivity contribution in [1.29, 1.82) is 0 Å². The molecule has 1 aromatic heterocycles. The smallest absolute Gasteiger partial charge is 0.144 e. The summed E-state index contributed by atoms with van der Waals surface area (Å²) in [6.45, 7) is 4.52. The van der Waals surface area contributed by atoms with Crippen molar-refractivity contribution in [3.05, 3.63) is 29.4 Å². The molecule has 3 nitrogen and oxygen atoms in total. The highest BCUT2D eigenvalue weighted by atomic mass is 35.5. The van der Waals surface area contributed by atoms with Crippen molar-refractivity contribution in [1.82, 2.24) is 4.98 Å². The van der Waals surface area contributed by atoms with Gasteiger partial charge in [0.05, 0.1) is 28.3 Å². The van der Waals surface area contributed by atoms with Gasteiger partial charge in [-0.3, -0.25) is 4.98 Å². The molecular formula is C26H39ClN2OS. The number of hydrogen-bond acceptors (Lipinski definition) is 3. The molecule has 0 radical (unpaired) electrons. The van der Waals surface area contributed by atoms with Crippen molar-refractivity contribution in [2.45, 2.75) is 90.9 Å². The third-order valence-electron chi connectivity index (χ3n) is 5.96. The van der Waals surface area contributed by atoms with E-state index in [1.54, 1.807) is 13.3 Å². The topological polar surface area (TPSA) is 34.1 Å². The second-order valence-corrected chi connectivity index (χ2v) is 9.27. The summed E-state index contributed by atoms with van der Waals surface area (Å²) in [4.78, 5) is 5.37. The Kier molecular flexibility index (Phi) is 12.2. The van der Waals surface area contributed by atoms with E-state index in [2.05, 4.69) is 24.1 Å². The van der Waals surface area contributed by atoms with Gasteiger partial charge in [0, 0.05) is 23.6 Å². The summed E-state index contributed by atoms with van der Waals surface area (Å²) in [5.74, 6) is 1.10. The standard InChI is InChI=1S/C26H39ClN2OS/c1-4-6-8-10-11-13-16-20(15-12-9-7-5-2)26(31)29-25-21-17-14-18-28-24(21)22(27)19-23(25)30-3/h14,17-20H,4-13,15-16H2,1-3H3,(H,29,31). The SMILES string of the molecule is CCCCCCCCC(CCCCCC)C(=S)Nc1c(OC)cc(Cl)c2ncccc12. The summed E-state index contributed by atoms with van der Waals surface area (Å²) in [6, 6.07) is 5.77. The highest BCUT2D eigenvalue weighted by molar-refractivity contribution is 7.80. The van der Waals surface area contributed by atoms with Crippen LogP contribution < -0.4 is 10.1 Å². The lowest BCUT2D eigenvalue weighted by Crippen LogP contribution is -2.21. The van der Waals surface area contributed by atoms with Crippen LogP contribution in [0.2, 0.25) is 5.02 Å². The fourth-order valence-corrected chi connectivity index (χ4v) is 4.68. The number of anilines is 1. The first-order valence-corrected chi connectivity index (χ1v) is 12.8. The zero-order chi connectivity index (χ0) is 22.5. The number of thiocarbonyl (C=S) groups is 1. The molecule has 1 aromatic carbocycles. The van der Waals surface area contributed by atoms with Crippen LogP contribution in [0.3, 0.4) is 0 Å². The van der Waals surface area contributed by atoms with E-state index in [0.29, 0.717) is 16.7 Å². The number of benzene rings is 1. The van der Waals surface area contributed by atoms with Gasteiger partial charge in [0.15, 0.2) is 0 Å². The Hall–Kier alpha value is -1.39. The van der Waals surface area contributed by atoms with E-state index >= 15 is 0 Å². The van der Waals surface area contributed by atoms with E-state index in [-0.39, 0.29) is 0 Å². The zero-order valence-electron chi connectivity index (χ0n) is 19.5. The van der Waals surface area contributed by atoms with E-state index in [1.165, 1.54) is 64.2 Å². The fraction of sp³-hybridized carbons (Fsp3) is 0.615. The maximum atomic E-state index is 6.43. The van der Waals surface area contributed by atoms with Gasteiger partial charge in [0.2, 0.25) is 0 Å². The molecule has 31 heavy (non-hydrogen) atoms. The Morgan fingerprint density at radius 2 is 1.65 bits per heavy atom. The highest BCUT2D eigenvalue weighted by Gasteiger charge is 2.19. The number of aromatic nitrogens is 1. The molecule has 1 unspecified atom stereocenters. The molecule has 172 valence electrons. The molecule has 0 aliphatic heterocycles. The monoisotopic (exact) mass is 462 g/mol. The number of nitrogens with one attached hydrogen (secondary N) is 1. The van der Waals surface area contributed by atoms with Crippen molar-refractivity contribution in [2.24, 2.45) is 5.92 Å². The lowest BCUT2D eigenvalue weighted by atomic mass is 9.93. The predicted molar refractivity (Wildman–Crippen MR) is 140 cm³/mol. The molecule has 0 bridgehead atoms. The van der Waals surface area contributed by atoms with Crippen LogP contribution in [0.15, 0.2) is 24.4 Å². The van der Waals surface area contributed by atoms with Crippen LogP contribution in [-0.2, 0) is 0 Å². The maximum Gasteiger partial charge on any atom is 0.144 e. The van der Waals surface area contributed by atoms with Crippen molar-refractivity contribution in [2.75, 3.05) is 12.4 Å². The number of rotatable bonds is 15. The first kappa shape index (κ1) is 25.9. The molecule has 0 saturated heterocycles. The average Bonchev–Trinajstić information content (AvgIpc) is 2.79. The van der Waals surface area contributed by atoms with Crippen molar-refractivity contribution >= 4 is 45.4 Å². The van der Waals surface area contributed by atoms with E-state index in [1.807, 2.05) is 18.2 Å². The minimum Gasteiger partial charge on any atom is -0.494 e. The quantitative estimate of drug-likeness (QED) is 0.211. The molecule has 2 aromatic rings. The van der Waals surface area contributed by atoms with Gasteiger partial charge in [-0.2, -0.15) is 0 Å². The summed E-state index contributed by atoms with van der Waals surface area (Å²) in [5, 5.41) is 5.07. The van der Waals surface area contributed by atoms with Crippen LogP contribution in [0.4, 0.5) is 5.69 Å². The lowest BCUT2D eigenvalue weighted by Gasteiger charge is -2.22. The summed E-state index contributed by atoms with van der Waals surface area (Å²) in [7, 11) is 1.67. The number of unbranched alkanes of at least 4 members (excludes halogenated alkanes) is 8.